The van der Waals surface area contributed by atoms with Crippen molar-refractivity contribution in [3.05, 3.63) is 35.4 Å². The fourth-order valence-corrected chi connectivity index (χ4v) is 2.04. The van der Waals surface area contributed by atoms with Crippen LogP contribution in [0.25, 0.3) is 5.57 Å². The van der Waals surface area contributed by atoms with Gasteiger partial charge in [-0.1, -0.05) is 17.7 Å². The highest BCUT2D eigenvalue weighted by Crippen LogP contribution is 2.33. The van der Waals surface area contributed by atoms with E-state index < -0.39 is 0 Å². The fourth-order valence-electron chi connectivity index (χ4n) is 2.04. The molecule has 1 aliphatic carbocycles. The Hall–Kier alpha value is -1.28. The molecular weight excluding hydrogens is 186 g/mol. The molecular formula is C13H17NO. The molecule has 0 saturated heterocycles. The van der Waals surface area contributed by atoms with Crippen molar-refractivity contribution >= 4 is 5.57 Å². The molecule has 0 aliphatic heterocycles. The summed E-state index contributed by atoms with van der Waals surface area (Å²) in [4.78, 5) is 0. The molecule has 1 aromatic carbocycles. The van der Waals surface area contributed by atoms with Crippen molar-refractivity contribution in [3.8, 4) is 5.75 Å². The van der Waals surface area contributed by atoms with E-state index in [4.69, 9.17) is 10.5 Å². The monoisotopic (exact) mass is 203 g/mol. The average Bonchev–Trinajstić information content (AvgIpc) is 2.65. The van der Waals surface area contributed by atoms with Crippen LogP contribution < -0.4 is 10.5 Å². The Morgan fingerprint density at radius 2 is 2.20 bits per heavy atom. The van der Waals surface area contributed by atoms with E-state index in [0.717, 1.165) is 18.6 Å². The van der Waals surface area contributed by atoms with Crippen LogP contribution in [-0.4, -0.2) is 13.2 Å². The SMILES string of the molecule is COc1ccc(C)cc1C1=CC(N)CC1. The minimum absolute atomic E-state index is 0.213. The second-order valence-corrected chi connectivity index (χ2v) is 4.10. The molecule has 2 nitrogen and oxygen atoms in total. The third-order valence-corrected chi connectivity index (χ3v) is 2.86. The van der Waals surface area contributed by atoms with Crippen LogP contribution in [0.1, 0.15) is 24.0 Å². The van der Waals surface area contributed by atoms with Crippen LogP contribution in [0.5, 0.6) is 5.75 Å². The van der Waals surface area contributed by atoms with Crippen molar-refractivity contribution in [1.82, 2.24) is 0 Å². The van der Waals surface area contributed by atoms with Gasteiger partial charge in [0.2, 0.25) is 0 Å². The summed E-state index contributed by atoms with van der Waals surface area (Å²) in [5.74, 6) is 0.945. The molecule has 1 unspecified atom stereocenters. The van der Waals surface area contributed by atoms with Gasteiger partial charge in [0.1, 0.15) is 5.75 Å². The van der Waals surface area contributed by atoms with E-state index in [9.17, 15) is 0 Å². The summed E-state index contributed by atoms with van der Waals surface area (Å²) in [5.41, 5.74) is 9.65. The molecule has 1 aromatic rings. The molecule has 1 atom stereocenters. The molecule has 80 valence electrons. The van der Waals surface area contributed by atoms with Crippen LogP contribution in [-0.2, 0) is 0 Å². The van der Waals surface area contributed by atoms with Crippen LogP contribution in [0.15, 0.2) is 24.3 Å². The summed E-state index contributed by atoms with van der Waals surface area (Å²) in [6, 6.07) is 6.47. The van der Waals surface area contributed by atoms with Crippen molar-refractivity contribution in [1.29, 1.82) is 0 Å². The van der Waals surface area contributed by atoms with Gasteiger partial charge in [0.25, 0.3) is 0 Å². The van der Waals surface area contributed by atoms with Gasteiger partial charge in [-0.25, -0.2) is 0 Å². The van der Waals surface area contributed by atoms with Gasteiger partial charge in [-0.15, -0.1) is 0 Å². The van der Waals surface area contributed by atoms with Gasteiger partial charge in [0, 0.05) is 11.6 Å². The molecule has 0 fully saturated rings. The molecule has 0 heterocycles. The maximum absolute atomic E-state index is 5.87. The maximum Gasteiger partial charge on any atom is 0.126 e. The standard InChI is InChI=1S/C13H17NO/c1-9-3-6-13(15-2)12(7-9)10-4-5-11(14)8-10/h3,6-8,11H,4-5,14H2,1-2H3. The van der Waals surface area contributed by atoms with Gasteiger partial charge in [-0.05, 0) is 37.5 Å². The van der Waals surface area contributed by atoms with E-state index in [1.165, 1.54) is 16.7 Å². The van der Waals surface area contributed by atoms with E-state index in [0.29, 0.717) is 0 Å². The summed E-state index contributed by atoms with van der Waals surface area (Å²) in [6.07, 6.45) is 4.25. The molecule has 0 bridgehead atoms. The number of allylic oxidation sites excluding steroid dienone is 1. The summed E-state index contributed by atoms with van der Waals surface area (Å²) in [5, 5.41) is 0. The number of ether oxygens (including phenoxy) is 1. The number of hydrogen-bond acceptors (Lipinski definition) is 2. The maximum atomic E-state index is 5.87. The highest BCUT2D eigenvalue weighted by Gasteiger charge is 2.16. The quantitative estimate of drug-likeness (QED) is 0.801. The van der Waals surface area contributed by atoms with Crippen molar-refractivity contribution < 1.29 is 4.74 Å². The molecule has 0 spiro atoms. The average molecular weight is 203 g/mol. The van der Waals surface area contributed by atoms with Crippen molar-refractivity contribution in [2.75, 3.05) is 7.11 Å². The number of methoxy groups -OCH3 is 1. The second-order valence-electron chi connectivity index (χ2n) is 4.10. The third-order valence-electron chi connectivity index (χ3n) is 2.86. The number of rotatable bonds is 2. The smallest absolute Gasteiger partial charge is 0.126 e. The van der Waals surface area contributed by atoms with Gasteiger partial charge in [0.15, 0.2) is 0 Å². The number of hydrogen-bond donors (Lipinski definition) is 1. The van der Waals surface area contributed by atoms with E-state index in [1.54, 1.807) is 7.11 Å². The first-order valence-corrected chi connectivity index (χ1v) is 5.32. The molecule has 0 aromatic heterocycles. The fraction of sp³-hybridized carbons (Fsp3) is 0.385. The first-order valence-electron chi connectivity index (χ1n) is 5.32. The molecule has 15 heavy (non-hydrogen) atoms. The number of nitrogens with two attached hydrogens (primary N) is 1. The van der Waals surface area contributed by atoms with Crippen LogP contribution in [0.2, 0.25) is 0 Å². The van der Waals surface area contributed by atoms with E-state index in [-0.39, 0.29) is 6.04 Å². The summed E-state index contributed by atoms with van der Waals surface area (Å²) >= 11 is 0. The zero-order valence-electron chi connectivity index (χ0n) is 9.29. The third kappa shape index (κ3) is 2.05. The van der Waals surface area contributed by atoms with E-state index >= 15 is 0 Å². The Morgan fingerprint density at radius 1 is 1.40 bits per heavy atom. The highest BCUT2D eigenvalue weighted by atomic mass is 16.5. The van der Waals surface area contributed by atoms with Crippen LogP contribution in [0.3, 0.4) is 0 Å². The molecule has 2 heteroatoms. The molecule has 2 rings (SSSR count). The topological polar surface area (TPSA) is 35.2 Å². The van der Waals surface area contributed by atoms with Crippen LogP contribution in [0, 0.1) is 6.92 Å². The zero-order chi connectivity index (χ0) is 10.8. The molecule has 0 amide bonds. The lowest BCUT2D eigenvalue weighted by Crippen LogP contribution is -2.11. The van der Waals surface area contributed by atoms with Crippen molar-refractivity contribution in [2.45, 2.75) is 25.8 Å². The summed E-state index contributed by atoms with van der Waals surface area (Å²) < 4.78 is 5.37. The van der Waals surface area contributed by atoms with Gasteiger partial charge in [-0.2, -0.15) is 0 Å². The van der Waals surface area contributed by atoms with E-state index in [1.807, 2.05) is 6.07 Å². The van der Waals surface area contributed by atoms with Crippen LogP contribution >= 0.6 is 0 Å². The minimum Gasteiger partial charge on any atom is -0.496 e. The second kappa shape index (κ2) is 4.07. The Bertz CT molecular complexity index is 396. The van der Waals surface area contributed by atoms with Gasteiger partial charge >= 0.3 is 0 Å². The molecule has 2 N–H and O–H groups in total. The first kappa shape index (κ1) is 10.2. The highest BCUT2D eigenvalue weighted by molar-refractivity contribution is 5.73. The van der Waals surface area contributed by atoms with Gasteiger partial charge in [-0.3, -0.25) is 0 Å². The predicted octanol–water partition coefficient (Wildman–Crippen LogP) is 2.51. The molecule has 0 radical (unpaired) electrons. The Morgan fingerprint density at radius 3 is 2.80 bits per heavy atom. The Balaban J connectivity index is 2.42. The van der Waals surface area contributed by atoms with E-state index in [2.05, 4.69) is 25.1 Å². The molecule has 0 saturated carbocycles. The van der Waals surface area contributed by atoms with Crippen LogP contribution in [0.4, 0.5) is 0 Å². The summed E-state index contributed by atoms with van der Waals surface area (Å²) in [7, 11) is 1.71. The summed E-state index contributed by atoms with van der Waals surface area (Å²) in [6.45, 7) is 2.10. The van der Waals surface area contributed by atoms with Gasteiger partial charge < -0.3 is 10.5 Å². The number of benzene rings is 1. The number of aryl methyl sites for hydroxylation is 1. The molecule has 1 aliphatic rings. The lowest BCUT2D eigenvalue weighted by molar-refractivity contribution is 0.413. The van der Waals surface area contributed by atoms with Crippen molar-refractivity contribution in [2.24, 2.45) is 5.73 Å². The lowest BCUT2D eigenvalue weighted by Gasteiger charge is -2.10. The normalized spacial score (nSPS) is 20.2. The van der Waals surface area contributed by atoms with Gasteiger partial charge in [0.05, 0.1) is 7.11 Å². The largest absolute Gasteiger partial charge is 0.496 e. The first-order chi connectivity index (χ1) is 7.20. The van der Waals surface area contributed by atoms with Crippen molar-refractivity contribution in [3.63, 3.8) is 0 Å². The predicted molar refractivity (Wildman–Crippen MR) is 62.9 cm³/mol. The Labute approximate surface area is 90.7 Å². The zero-order valence-corrected chi connectivity index (χ0v) is 9.29. The lowest BCUT2D eigenvalue weighted by atomic mass is 10.0. The Kier molecular flexibility index (Phi) is 2.78. The minimum atomic E-state index is 0.213.